The molecule has 1 heterocycles. The number of carbonyl (C=O) groups excluding carboxylic acids is 1. The van der Waals surface area contributed by atoms with Crippen molar-refractivity contribution < 1.29 is 4.79 Å². The van der Waals surface area contributed by atoms with E-state index < -0.39 is 0 Å². The number of nitrogens with zero attached hydrogens (tertiary/aromatic N) is 2. The van der Waals surface area contributed by atoms with Crippen molar-refractivity contribution >= 4 is 22.5 Å². The zero-order chi connectivity index (χ0) is 10.8. The number of fused-ring (bicyclic) bond motifs is 1. The normalized spacial score (nSPS) is 10.3. The van der Waals surface area contributed by atoms with Gasteiger partial charge in [0, 0.05) is 23.7 Å². The van der Waals surface area contributed by atoms with Crippen LogP contribution in [0.3, 0.4) is 0 Å². The fourth-order valence-corrected chi connectivity index (χ4v) is 1.47. The zero-order valence-electron chi connectivity index (χ0n) is 8.61. The highest BCUT2D eigenvalue weighted by Crippen LogP contribution is 2.18. The Labute approximate surface area is 87.4 Å². The minimum absolute atomic E-state index is 0.0832. The Morgan fingerprint density at radius 3 is 2.87 bits per heavy atom. The zero-order valence-corrected chi connectivity index (χ0v) is 8.61. The van der Waals surface area contributed by atoms with E-state index >= 15 is 0 Å². The van der Waals surface area contributed by atoms with Gasteiger partial charge in [-0.3, -0.25) is 4.79 Å². The molecule has 0 atom stereocenters. The standard InChI is InChI=1S/C11H11N3O/c1-7-10-4-3-9(14-8(2)15)5-11(10)13-6-12-7/h3-6H,1-2H3,(H,14,15). The molecular formula is C11H11N3O. The van der Waals surface area contributed by atoms with Crippen molar-refractivity contribution in [3.05, 3.63) is 30.2 Å². The molecule has 0 radical (unpaired) electrons. The summed E-state index contributed by atoms with van der Waals surface area (Å²) in [7, 11) is 0. The highest BCUT2D eigenvalue weighted by molar-refractivity contribution is 5.92. The maximum Gasteiger partial charge on any atom is 0.221 e. The highest BCUT2D eigenvalue weighted by atomic mass is 16.1. The summed E-state index contributed by atoms with van der Waals surface area (Å²) < 4.78 is 0. The average molecular weight is 201 g/mol. The number of rotatable bonds is 1. The number of benzene rings is 1. The third-order valence-corrected chi connectivity index (χ3v) is 2.16. The molecule has 0 saturated carbocycles. The second kappa shape index (κ2) is 3.65. The van der Waals surface area contributed by atoms with E-state index in [1.165, 1.54) is 13.3 Å². The van der Waals surface area contributed by atoms with Crippen LogP contribution in [0.4, 0.5) is 5.69 Å². The fraction of sp³-hybridized carbons (Fsp3) is 0.182. The quantitative estimate of drug-likeness (QED) is 0.766. The van der Waals surface area contributed by atoms with Gasteiger partial charge in [-0.2, -0.15) is 0 Å². The highest BCUT2D eigenvalue weighted by Gasteiger charge is 2.01. The maximum absolute atomic E-state index is 10.9. The van der Waals surface area contributed by atoms with Gasteiger partial charge in [-0.05, 0) is 25.1 Å². The molecule has 4 heteroatoms. The number of amides is 1. The van der Waals surface area contributed by atoms with Crippen molar-refractivity contribution in [1.82, 2.24) is 9.97 Å². The van der Waals surface area contributed by atoms with E-state index in [-0.39, 0.29) is 5.91 Å². The van der Waals surface area contributed by atoms with E-state index in [4.69, 9.17) is 0 Å². The Hall–Kier alpha value is -1.97. The van der Waals surface area contributed by atoms with Crippen molar-refractivity contribution in [3.8, 4) is 0 Å². The van der Waals surface area contributed by atoms with Crippen molar-refractivity contribution in [1.29, 1.82) is 0 Å². The summed E-state index contributed by atoms with van der Waals surface area (Å²) in [5.74, 6) is -0.0832. The number of aromatic nitrogens is 2. The van der Waals surface area contributed by atoms with Crippen LogP contribution in [0.1, 0.15) is 12.6 Å². The van der Waals surface area contributed by atoms with Crippen LogP contribution in [0, 0.1) is 6.92 Å². The molecule has 1 aromatic heterocycles. The third-order valence-electron chi connectivity index (χ3n) is 2.16. The molecule has 2 aromatic rings. The van der Waals surface area contributed by atoms with Crippen molar-refractivity contribution in [2.75, 3.05) is 5.32 Å². The second-order valence-corrected chi connectivity index (χ2v) is 3.37. The molecule has 1 aromatic carbocycles. The van der Waals surface area contributed by atoms with E-state index in [1.54, 1.807) is 0 Å². The van der Waals surface area contributed by atoms with E-state index in [2.05, 4.69) is 15.3 Å². The molecule has 1 amide bonds. The Morgan fingerprint density at radius 2 is 2.13 bits per heavy atom. The van der Waals surface area contributed by atoms with Gasteiger partial charge in [-0.15, -0.1) is 0 Å². The topological polar surface area (TPSA) is 54.9 Å². The predicted octanol–water partition coefficient (Wildman–Crippen LogP) is 1.90. The van der Waals surface area contributed by atoms with E-state index in [0.29, 0.717) is 0 Å². The van der Waals surface area contributed by atoms with Crippen LogP contribution >= 0.6 is 0 Å². The SMILES string of the molecule is CC(=O)Nc1ccc2c(C)ncnc2c1. The van der Waals surface area contributed by atoms with Gasteiger partial charge in [-0.1, -0.05) is 0 Å². The van der Waals surface area contributed by atoms with E-state index in [9.17, 15) is 4.79 Å². The molecule has 4 nitrogen and oxygen atoms in total. The summed E-state index contributed by atoms with van der Waals surface area (Å²) >= 11 is 0. The summed E-state index contributed by atoms with van der Waals surface area (Å²) in [6.07, 6.45) is 1.52. The van der Waals surface area contributed by atoms with Gasteiger partial charge in [-0.25, -0.2) is 9.97 Å². The van der Waals surface area contributed by atoms with Crippen LogP contribution in [0.25, 0.3) is 10.9 Å². The number of carbonyl (C=O) groups is 1. The van der Waals surface area contributed by atoms with Crippen LogP contribution in [-0.2, 0) is 4.79 Å². The van der Waals surface area contributed by atoms with E-state index in [0.717, 1.165) is 22.3 Å². The first-order chi connectivity index (χ1) is 7.16. The van der Waals surface area contributed by atoms with Crippen LogP contribution in [-0.4, -0.2) is 15.9 Å². The number of hydrogen-bond acceptors (Lipinski definition) is 3. The van der Waals surface area contributed by atoms with Crippen LogP contribution in [0.2, 0.25) is 0 Å². The first-order valence-electron chi connectivity index (χ1n) is 4.66. The third kappa shape index (κ3) is 1.93. The molecule has 15 heavy (non-hydrogen) atoms. The molecule has 0 saturated heterocycles. The van der Waals surface area contributed by atoms with Crippen LogP contribution in [0.15, 0.2) is 24.5 Å². The Kier molecular flexibility index (Phi) is 2.33. The lowest BCUT2D eigenvalue weighted by molar-refractivity contribution is -0.114. The molecule has 76 valence electrons. The minimum Gasteiger partial charge on any atom is -0.326 e. The smallest absolute Gasteiger partial charge is 0.221 e. The van der Waals surface area contributed by atoms with Gasteiger partial charge in [0.05, 0.1) is 5.52 Å². The lowest BCUT2D eigenvalue weighted by Gasteiger charge is -2.04. The first-order valence-corrected chi connectivity index (χ1v) is 4.66. The predicted molar refractivity (Wildman–Crippen MR) is 58.6 cm³/mol. The summed E-state index contributed by atoms with van der Waals surface area (Å²) in [4.78, 5) is 19.1. The molecule has 0 aliphatic rings. The Bertz CT molecular complexity index is 522. The largest absolute Gasteiger partial charge is 0.326 e. The number of nitrogens with one attached hydrogen (secondary N) is 1. The van der Waals surface area contributed by atoms with Gasteiger partial charge in [0.25, 0.3) is 0 Å². The molecule has 0 unspecified atom stereocenters. The van der Waals surface area contributed by atoms with E-state index in [1.807, 2.05) is 25.1 Å². The lowest BCUT2D eigenvalue weighted by Crippen LogP contribution is -2.05. The molecule has 2 rings (SSSR count). The van der Waals surface area contributed by atoms with Crippen molar-refractivity contribution in [2.24, 2.45) is 0 Å². The van der Waals surface area contributed by atoms with Gasteiger partial charge in [0.1, 0.15) is 6.33 Å². The van der Waals surface area contributed by atoms with Gasteiger partial charge in [0.15, 0.2) is 0 Å². The van der Waals surface area contributed by atoms with Crippen LogP contribution in [0.5, 0.6) is 0 Å². The van der Waals surface area contributed by atoms with Crippen LogP contribution < -0.4 is 5.32 Å². The summed E-state index contributed by atoms with van der Waals surface area (Å²) in [5.41, 5.74) is 2.54. The van der Waals surface area contributed by atoms with Crippen molar-refractivity contribution in [3.63, 3.8) is 0 Å². The molecule has 0 fully saturated rings. The molecule has 0 spiro atoms. The number of aryl methyl sites for hydroxylation is 1. The van der Waals surface area contributed by atoms with Gasteiger partial charge >= 0.3 is 0 Å². The average Bonchev–Trinajstić information content (AvgIpc) is 2.17. The second-order valence-electron chi connectivity index (χ2n) is 3.37. The first kappa shape index (κ1) is 9.58. The summed E-state index contributed by atoms with van der Waals surface area (Å²) in [6.45, 7) is 3.41. The number of anilines is 1. The summed E-state index contributed by atoms with van der Waals surface area (Å²) in [6, 6.07) is 5.60. The molecule has 0 bridgehead atoms. The van der Waals surface area contributed by atoms with Gasteiger partial charge in [0.2, 0.25) is 5.91 Å². The molecule has 0 aliphatic carbocycles. The monoisotopic (exact) mass is 201 g/mol. The van der Waals surface area contributed by atoms with Crippen molar-refractivity contribution in [2.45, 2.75) is 13.8 Å². The minimum atomic E-state index is -0.0832. The Balaban J connectivity index is 2.52. The fourth-order valence-electron chi connectivity index (χ4n) is 1.47. The number of hydrogen-bond donors (Lipinski definition) is 1. The Morgan fingerprint density at radius 1 is 1.33 bits per heavy atom. The molecule has 0 aliphatic heterocycles. The molecular weight excluding hydrogens is 190 g/mol. The summed E-state index contributed by atoms with van der Waals surface area (Å²) in [5, 5.41) is 3.72. The molecule has 1 N–H and O–H groups in total. The maximum atomic E-state index is 10.9. The van der Waals surface area contributed by atoms with Gasteiger partial charge < -0.3 is 5.32 Å². The lowest BCUT2D eigenvalue weighted by atomic mass is 10.2.